The molecule has 1 saturated heterocycles. The average molecular weight is 508 g/mol. The molecule has 1 aliphatic heterocycles. The first-order valence-corrected chi connectivity index (χ1v) is 10.2. The second-order valence-corrected chi connectivity index (χ2v) is 7.39. The second-order valence-electron chi connectivity index (χ2n) is 7.39. The largest absolute Gasteiger partial charge is 0.357 e. The zero-order valence-corrected chi connectivity index (χ0v) is 20.3. The molecule has 0 amide bonds. The molecule has 1 aliphatic rings. The molecule has 0 atom stereocenters. The third-order valence-electron chi connectivity index (χ3n) is 5.21. The molecule has 0 radical (unpaired) electrons. The lowest BCUT2D eigenvalue weighted by Crippen LogP contribution is -2.53. The van der Waals surface area contributed by atoms with Gasteiger partial charge in [0.15, 0.2) is 5.96 Å². The van der Waals surface area contributed by atoms with Crippen molar-refractivity contribution >= 4 is 35.9 Å². The summed E-state index contributed by atoms with van der Waals surface area (Å²) in [7, 11) is 0. The number of guanidine groups is 1. The van der Waals surface area contributed by atoms with Crippen LogP contribution in [0.1, 0.15) is 29.2 Å². The molecule has 0 unspecified atom stereocenters. The Labute approximate surface area is 191 Å². The first-order chi connectivity index (χ1) is 13.6. The Hall–Kier alpha value is -1.90. The maximum absolute atomic E-state index is 4.92. The van der Waals surface area contributed by atoms with Crippen LogP contribution in [0.5, 0.6) is 0 Å². The molecule has 29 heavy (non-hydrogen) atoms. The Morgan fingerprint density at radius 3 is 2.24 bits per heavy atom. The van der Waals surface area contributed by atoms with Gasteiger partial charge < -0.3 is 15.1 Å². The van der Waals surface area contributed by atoms with Crippen molar-refractivity contribution in [3.05, 3.63) is 52.8 Å². The number of aliphatic imine (C=N–C) groups is 1. The molecule has 2 aromatic rings. The van der Waals surface area contributed by atoms with Gasteiger partial charge >= 0.3 is 0 Å². The fourth-order valence-corrected chi connectivity index (χ4v) is 3.88. The number of anilines is 1. The van der Waals surface area contributed by atoms with Crippen LogP contribution in [0.2, 0.25) is 0 Å². The fourth-order valence-electron chi connectivity index (χ4n) is 3.88. The van der Waals surface area contributed by atoms with Crippen molar-refractivity contribution in [2.24, 2.45) is 4.99 Å². The Balaban J connectivity index is 0.00000300. The van der Waals surface area contributed by atoms with Crippen molar-refractivity contribution in [2.45, 2.75) is 34.1 Å². The van der Waals surface area contributed by atoms with E-state index in [4.69, 9.17) is 4.99 Å². The summed E-state index contributed by atoms with van der Waals surface area (Å²) in [5, 5.41) is 3.46. The van der Waals surface area contributed by atoms with Gasteiger partial charge in [0.1, 0.15) is 0 Å². The molecule has 0 saturated carbocycles. The smallest absolute Gasteiger partial charge is 0.225 e. The van der Waals surface area contributed by atoms with E-state index in [0.717, 1.165) is 57.6 Å². The van der Waals surface area contributed by atoms with E-state index in [1.54, 1.807) is 12.4 Å². The molecule has 2 heterocycles. The number of halogens is 1. The Kier molecular flexibility index (Phi) is 9.13. The number of nitrogens with one attached hydrogen (secondary N) is 1. The molecule has 1 aromatic carbocycles. The normalized spacial score (nSPS) is 14.6. The summed E-state index contributed by atoms with van der Waals surface area (Å²) in [5.41, 5.74) is 5.50. The van der Waals surface area contributed by atoms with E-state index in [-0.39, 0.29) is 24.0 Å². The SMILES string of the molecule is CCNC(=NCCc1c(C)cc(C)cc1C)N1CCN(c2ncccn2)CC1.I. The first kappa shape index (κ1) is 23.4. The summed E-state index contributed by atoms with van der Waals surface area (Å²) < 4.78 is 0. The van der Waals surface area contributed by atoms with Crippen molar-refractivity contribution in [1.29, 1.82) is 0 Å². The highest BCUT2D eigenvalue weighted by Crippen LogP contribution is 2.17. The molecule has 158 valence electrons. The molecular formula is C22H33IN6. The van der Waals surface area contributed by atoms with Crippen LogP contribution in [0.3, 0.4) is 0 Å². The molecule has 1 fully saturated rings. The molecule has 7 heteroatoms. The van der Waals surface area contributed by atoms with Gasteiger partial charge in [-0.3, -0.25) is 4.99 Å². The Bertz CT molecular complexity index is 777. The summed E-state index contributed by atoms with van der Waals surface area (Å²) in [5.74, 6) is 1.83. The van der Waals surface area contributed by atoms with Crippen molar-refractivity contribution in [2.75, 3.05) is 44.2 Å². The highest BCUT2D eigenvalue weighted by atomic mass is 127. The number of aryl methyl sites for hydroxylation is 3. The van der Waals surface area contributed by atoms with Crippen LogP contribution < -0.4 is 10.2 Å². The Morgan fingerprint density at radius 2 is 1.66 bits per heavy atom. The van der Waals surface area contributed by atoms with Gasteiger partial charge in [0, 0.05) is 51.7 Å². The second kappa shape index (κ2) is 11.3. The summed E-state index contributed by atoms with van der Waals surface area (Å²) in [6.45, 7) is 14.0. The summed E-state index contributed by atoms with van der Waals surface area (Å²) in [6.07, 6.45) is 4.58. The maximum Gasteiger partial charge on any atom is 0.225 e. The van der Waals surface area contributed by atoms with Crippen LogP contribution in [-0.4, -0.2) is 60.1 Å². The van der Waals surface area contributed by atoms with Crippen LogP contribution in [0.15, 0.2) is 35.6 Å². The maximum atomic E-state index is 4.92. The topological polar surface area (TPSA) is 56.7 Å². The number of aromatic nitrogens is 2. The van der Waals surface area contributed by atoms with E-state index < -0.39 is 0 Å². The van der Waals surface area contributed by atoms with E-state index in [1.165, 1.54) is 22.3 Å². The van der Waals surface area contributed by atoms with Crippen molar-refractivity contribution < 1.29 is 0 Å². The van der Waals surface area contributed by atoms with Crippen LogP contribution in [0.25, 0.3) is 0 Å². The minimum atomic E-state index is 0. The van der Waals surface area contributed by atoms with Gasteiger partial charge in [0.25, 0.3) is 0 Å². The number of hydrogen-bond acceptors (Lipinski definition) is 4. The quantitative estimate of drug-likeness (QED) is 0.382. The van der Waals surface area contributed by atoms with E-state index in [1.807, 2.05) is 6.07 Å². The molecule has 0 bridgehead atoms. The standard InChI is InChI=1S/C22H32N6.HI/c1-5-23-21(26-10-7-20-18(3)15-17(2)16-19(20)4)27-11-13-28(14-12-27)22-24-8-6-9-25-22;/h6,8-9,15-16H,5,7,10-14H2,1-4H3,(H,23,26);1H. The van der Waals surface area contributed by atoms with Gasteiger partial charge in [-0.1, -0.05) is 17.7 Å². The lowest BCUT2D eigenvalue weighted by atomic mass is 9.97. The van der Waals surface area contributed by atoms with Gasteiger partial charge in [0.05, 0.1) is 0 Å². The van der Waals surface area contributed by atoms with Crippen molar-refractivity contribution in [1.82, 2.24) is 20.2 Å². The van der Waals surface area contributed by atoms with Gasteiger partial charge in [-0.05, 0) is 56.9 Å². The lowest BCUT2D eigenvalue weighted by Gasteiger charge is -2.36. The number of piperazine rings is 1. The predicted molar refractivity (Wildman–Crippen MR) is 132 cm³/mol. The monoisotopic (exact) mass is 508 g/mol. The summed E-state index contributed by atoms with van der Waals surface area (Å²) >= 11 is 0. The zero-order chi connectivity index (χ0) is 19.9. The number of rotatable bonds is 5. The molecule has 6 nitrogen and oxygen atoms in total. The van der Waals surface area contributed by atoms with E-state index in [9.17, 15) is 0 Å². The molecule has 1 N–H and O–H groups in total. The first-order valence-electron chi connectivity index (χ1n) is 10.2. The van der Waals surface area contributed by atoms with Crippen LogP contribution >= 0.6 is 24.0 Å². The lowest BCUT2D eigenvalue weighted by molar-refractivity contribution is 0.370. The van der Waals surface area contributed by atoms with Crippen LogP contribution in [0, 0.1) is 20.8 Å². The van der Waals surface area contributed by atoms with E-state index >= 15 is 0 Å². The molecule has 0 spiro atoms. The molecule has 0 aliphatic carbocycles. The minimum Gasteiger partial charge on any atom is -0.357 e. The zero-order valence-electron chi connectivity index (χ0n) is 18.0. The highest BCUT2D eigenvalue weighted by molar-refractivity contribution is 14.0. The van der Waals surface area contributed by atoms with Crippen LogP contribution in [-0.2, 0) is 6.42 Å². The minimum absolute atomic E-state index is 0. The highest BCUT2D eigenvalue weighted by Gasteiger charge is 2.21. The van der Waals surface area contributed by atoms with Gasteiger partial charge in [-0.15, -0.1) is 24.0 Å². The Morgan fingerprint density at radius 1 is 1.03 bits per heavy atom. The van der Waals surface area contributed by atoms with Crippen molar-refractivity contribution in [3.63, 3.8) is 0 Å². The number of hydrogen-bond donors (Lipinski definition) is 1. The van der Waals surface area contributed by atoms with Gasteiger partial charge in [-0.2, -0.15) is 0 Å². The fraction of sp³-hybridized carbons (Fsp3) is 0.500. The predicted octanol–water partition coefficient (Wildman–Crippen LogP) is 3.35. The molecule has 1 aromatic heterocycles. The van der Waals surface area contributed by atoms with Crippen LogP contribution in [0.4, 0.5) is 5.95 Å². The third-order valence-corrected chi connectivity index (χ3v) is 5.21. The van der Waals surface area contributed by atoms with Gasteiger partial charge in [-0.25, -0.2) is 9.97 Å². The third kappa shape index (κ3) is 6.29. The van der Waals surface area contributed by atoms with Crippen molar-refractivity contribution in [3.8, 4) is 0 Å². The molecule has 3 rings (SSSR count). The average Bonchev–Trinajstić information content (AvgIpc) is 2.70. The van der Waals surface area contributed by atoms with E-state index in [0.29, 0.717) is 0 Å². The summed E-state index contributed by atoms with van der Waals surface area (Å²) in [4.78, 5) is 18.2. The number of benzene rings is 1. The van der Waals surface area contributed by atoms with E-state index in [2.05, 4.69) is 64.9 Å². The summed E-state index contributed by atoms with van der Waals surface area (Å²) in [6, 6.07) is 6.39. The number of nitrogens with zero attached hydrogens (tertiary/aromatic N) is 5. The van der Waals surface area contributed by atoms with Gasteiger partial charge in [0.2, 0.25) is 5.95 Å². The molecular weight excluding hydrogens is 475 g/mol.